The normalized spacial score (nSPS) is 11.4. The van der Waals surface area contributed by atoms with Crippen LogP contribution < -0.4 is 16.2 Å². The monoisotopic (exact) mass is 435 g/mol. The zero-order chi connectivity index (χ0) is 22.0. The van der Waals surface area contributed by atoms with Crippen molar-refractivity contribution in [3.63, 3.8) is 0 Å². The first-order valence-corrected chi connectivity index (χ1v) is 10.9. The Labute approximate surface area is 184 Å². The summed E-state index contributed by atoms with van der Waals surface area (Å²) in [5, 5.41) is 9.14. The van der Waals surface area contributed by atoms with Crippen molar-refractivity contribution in [1.29, 1.82) is 0 Å². The van der Waals surface area contributed by atoms with E-state index in [0.717, 1.165) is 11.1 Å². The summed E-state index contributed by atoms with van der Waals surface area (Å²) in [7, 11) is 3.82. The molecule has 8 heteroatoms. The zero-order valence-electron chi connectivity index (χ0n) is 17.8. The van der Waals surface area contributed by atoms with E-state index < -0.39 is 0 Å². The molecule has 0 saturated carbocycles. The van der Waals surface area contributed by atoms with Gasteiger partial charge in [-0.1, -0.05) is 36.4 Å². The molecule has 2 aromatic carbocycles. The van der Waals surface area contributed by atoms with E-state index in [9.17, 15) is 9.59 Å². The van der Waals surface area contributed by atoms with Gasteiger partial charge in [0.2, 0.25) is 0 Å². The standard InChI is InChI=1S/C23H25N5O2S/c1-14-19-21(29)26-18(13-28(2)3)27-23(19)31-20(14)22(30)25-12-11-24-17-10-6-8-15-7-4-5-9-16(15)17/h4-10,24H,11-13H2,1-3H3,(H,25,30)(H,26,27,29). The molecule has 0 aliphatic heterocycles. The molecule has 7 nitrogen and oxygen atoms in total. The fourth-order valence-electron chi connectivity index (χ4n) is 3.61. The average Bonchev–Trinajstić information content (AvgIpc) is 3.07. The number of amides is 1. The fourth-order valence-corrected chi connectivity index (χ4v) is 4.73. The van der Waals surface area contributed by atoms with Gasteiger partial charge in [-0.2, -0.15) is 0 Å². The van der Waals surface area contributed by atoms with Crippen LogP contribution in [0, 0.1) is 6.92 Å². The predicted octanol–water partition coefficient (Wildman–Crippen LogP) is 3.35. The van der Waals surface area contributed by atoms with Crippen LogP contribution >= 0.6 is 11.3 Å². The number of rotatable bonds is 7. The molecule has 0 bridgehead atoms. The van der Waals surface area contributed by atoms with Crippen LogP contribution in [0.25, 0.3) is 21.0 Å². The molecule has 160 valence electrons. The summed E-state index contributed by atoms with van der Waals surface area (Å²) >= 11 is 1.26. The highest BCUT2D eigenvalue weighted by Gasteiger charge is 2.19. The molecule has 0 aliphatic rings. The summed E-state index contributed by atoms with van der Waals surface area (Å²) in [4.78, 5) is 35.7. The Morgan fingerprint density at radius 1 is 1.13 bits per heavy atom. The van der Waals surface area contributed by atoms with Crippen molar-refractivity contribution >= 4 is 43.9 Å². The second-order valence-electron chi connectivity index (χ2n) is 7.70. The quantitative estimate of drug-likeness (QED) is 0.387. The Morgan fingerprint density at radius 3 is 2.71 bits per heavy atom. The van der Waals surface area contributed by atoms with Crippen molar-refractivity contribution in [1.82, 2.24) is 20.2 Å². The summed E-state index contributed by atoms with van der Waals surface area (Å²) in [6.45, 7) is 3.38. The van der Waals surface area contributed by atoms with Crippen LogP contribution in [0.2, 0.25) is 0 Å². The van der Waals surface area contributed by atoms with E-state index in [0.29, 0.717) is 46.1 Å². The van der Waals surface area contributed by atoms with Crippen LogP contribution in [0.1, 0.15) is 21.1 Å². The molecule has 4 rings (SSSR count). The van der Waals surface area contributed by atoms with Gasteiger partial charge >= 0.3 is 0 Å². The molecule has 1 amide bonds. The van der Waals surface area contributed by atoms with E-state index in [-0.39, 0.29) is 11.5 Å². The topological polar surface area (TPSA) is 90.1 Å². The lowest BCUT2D eigenvalue weighted by molar-refractivity contribution is 0.0959. The van der Waals surface area contributed by atoms with E-state index in [1.54, 1.807) is 6.92 Å². The van der Waals surface area contributed by atoms with Gasteiger partial charge in [0.15, 0.2) is 0 Å². The second kappa shape index (κ2) is 8.87. The van der Waals surface area contributed by atoms with Crippen LogP contribution in [0.4, 0.5) is 5.69 Å². The van der Waals surface area contributed by atoms with Crippen LogP contribution in [-0.4, -0.2) is 48.0 Å². The highest BCUT2D eigenvalue weighted by atomic mass is 32.1. The van der Waals surface area contributed by atoms with Crippen molar-refractivity contribution in [2.45, 2.75) is 13.5 Å². The summed E-state index contributed by atoms with van der Waals surface area (Å²) in [5.41, 5.74) is 1.51. The molecule has 0 atom stereocenters. The van der Waals surface area contributed by atoms with E-state index in [1.165, 1.54) is 16.7 Å². The maximum Gasteiger partial charge on any atom is 0.261 e. The number of aromatic nitrogens is 2. The molecule has 2 aromatic heterocycles. The summed E-state index contributed by atoms with van der Waals surface area (Å²) in [5.74, 6) is 0.406. The van der Waals surface area contributed by atoms with Gasteiger partial charge in [-0.15, -0.1) is 11.3 Å². The highest BCUT2D eigenvalue weighted by molar-refractivity contribution is 7.20. The first kappa shape index (κ1) is 21.0. The lowest BCUT2D eigenvalue weighted by atomic mass is 10.1. The van der Waals surface area contributed by atoms with E-state index >= 15 is 0 Å². The van der Waals surface area contributed by atoms with E-state index in [1.807, 2.05) is 43.3 Å². The van der Waals surface area contributed by atoms with Crippen LogP contribution in [0.3, 0.4) is 0 Å². The third-order valence-corrected chi connectivity index (χ3v) is 6.22. The van der Waals surface area contributed by atoms with Gasteiger partial charge in [0.1, 0.15) is 10.7 Å². The maximum atomic E-state index is 12.8. The van der Waals surface area contributed by atoms with Crippen molar-refractivity contribution < 1.29 is 4.79 Å². The molecule has 31 heavy (non-hydrogen) atoms. The minimum Gasteiger partial charge on any atom is -0.383 e. The van der Waals surface area contributed by atoms with E-state index in [4.69, 9.17) is 0 Å². The van der Waals surface area contributed by atoms with Crippen LogP contribution in [-0.2, 0) is 6.54 Å². The molecule has 3 N–H and O–H groups in total. The van der Waals surface area contributed by atoms with Gasteiger partial charge in [0, 0.05) is 24.2 Å². The minimum atomic E-state index is -0.202. The number of thiophene rings is 1. The van der Waals surface area contributed by atoms with Crippen LogP contribution in [0.15, 0.2) is 47.3 Å². The van der Waals surface area contributed by atoms with Crippen molar-refractivity contribution in [2.24, 2.45) is 0 Å². The fraction of sp³-hybridized carbons (Fsp3) is 0.261. The molecular formula is C23H25N5O2S. The first-order valence-electron chi connectivity index (χ1n) is 10.1. The molecule has 0 unspecified atom stereocenters. The average molecular weight is 436 g/mol. The van der Waals surface area contributed by atoms with Gasteiger partial charge in [-0.05, 0) is 38.0 Å². The number of benzene rings is 2. The number of carbonyl (C=O) groups excluding carboxylic acids is 1. The van der Waals surface area contributed by atoms with Gasteiger partial charge < -0.3 is 20.5 Å². The smallest absolute Gasteiger partial charge is 0.261 e. The highest BCUT2D eigenvalue weighted by Crippen LogP contribution is 2.27. The largest absolute Gasteiger partial charge is 0.383 e. The van der Waals surface area contributed by atoms with Crippen molar-refractivity contribution in [2.75, 3.05) is 32.5 Å². The Kier molecular flexibility index (Phi) is 6.01. The molecule has 0 saturated heterocycles. The van der Waals surface area contributed by atoms with E-state index in [2.05, 4.69) is 38.8 Å². The van der Waals surface area contributed by atoms with Crippen molar-refractivity contribution in [3.05, 3.63) is 69.1 Å². The minimum absolute atomic E-state index is 0.186. The number of H-pyrrole nitrogens is 1. The van der Waals surface area contributed by atoms with Crippen molar-refractivity contribution in [3.8, 4) is 0 Å². The molecule has 0 aliphatic carbocycles. The number of hydrogen-bond acceptors (Lipinski definition) is 6. The third-order valence-electron chi connectivity index (χ3n) is 5.04. The van der Waals surface area contributed by atoms with Gasteiger partial charge in [-0.25, -0.2) is 4.98 Å². The number of hydrogen-bond donors (Lipinski definition) is 3. The Hall–Kier alpha value is -3.23. The lowest BCUT2D eigenvalue weighted by Crippen LogP contribution is -2.28. The summed E-state index contributed by atoms with van der Waals surface area (Å²) in [6, 6.07) is 14.3. The number of carbonyl (C=O) groups is 1. The summed E-state index contributed by atoms with van der Waals surface area (Å²) in [6.07, 6.45) is 0. The molecule has 2 heterocycles. The van der Waals surface area contributed by atoms with Crippen LogP contribution in [0.5, 0.6) is 0 Å². The Balaban J connectivity index is 1.44. The second-order valence-corrected chi connectivity index (χ2v) is 8.70. The Bertz CT molecular complexity index is 1300. The lowest BCUT2D eigenvalue weighted by Gasteiger charge is -2.10. The number of aryl methyl sites for hydroxylation is 1. The molecule has 0 spiro atoms. The summed E-state index contributed by atoms with van der Waals surface area (Å²) < 4.78 is 0. The first-order chi connectivity index (χ1) is 14.9. The number of aromatic amines is 1. The predicted molar refractivity (Wildman–Crippen MR) is 127 cm³/mol. The van der Waals surface area contributed by atoms with Gasteiger partial charge in [-0.3, -0.25) is 9.59 Å². The third kappa shape index (κ3) is 4.45. The number of anilines is 1. The number of fused-ring (bicyclic) bond motifs is 2. The molecular weight excluding hydrogens is 410 g/mol. The molecule has 4 aromatic rings. The SMILES string of the molecule is Cc1c(C(=O)NCCNc2cccc3ccccc23)sc2nc(CN(C)C)[nH]c(=O)c12. The Morgan fingerprint density at radius 2 is 1.90 bits per heavy atom. The van der Waals surface area contributed by atoms with Gasteiger partial charge in [0.25, 0.3) is 11.5 Å². The maximum absolute atomic E-state index is 12.8. The number of nitrogens with one attached hydrogen (secondary N) is 3. The van der Waals surface area contributed by atoms with Gasteiger partial charge in [0.05, 0.1) is 16.8 Å². The molecule has 0 radical (unpaired) electrons. The zero-order valence-corrected chi connectivity index (χ0v) is 18.6. The number of nitrogens with zero attached hydrogens (tertiary/aromatic N) is 2. The molecule has 0 fully saturated rings.